The first-order valence-corrected chi connectivity index (χ1v) is 13.5. The lowest BCUT2D eigenvalue weighted by atomic mass is 9.99. The van der Waals surface area contributed by atoms with Crippen molar-refractivity contribution in [1.82, 2.24) is 19.6 Å². The Morgan fingerprint density at radius 1 is 0.895 bits per heavy atom. The zero-order valence-corrected chi connectivity index (χ0v) is 23.0. The number of nitrogens with two attached hydrogens (primary N) is 1. The fraction of sp³-hybridized carbons (Fsp3) is 0.433. The predicted molar refractivity (Wildman–Crippen MR) is 151 cm³/mol. The van der Waals surface area contributed by atoms with Crippen molar-refractivity contribution in [3.05, 3.63) is 75.5 Å². The predicted octanol–water partition coefficient (Wildman–Crippen LogP) is 3.75. The van der Waals surface area contributed by atoms with Crippen LogP contribution in [-0.4, -0.2) is 70.7 Å². The summed E-state index contributed by atoms with van der Waals surface area (Å²) in [5.41, 5.74) is 14.5. The van der Waals surface area contributed by atoms with Gasteiger partial charge in [-0.05, 0) is 62.9 Å². The summed E-state index contributed by atoms with van der Waals surface area (Å²) in [5, 5.41) is 4.30. The van der Waals surface area contributed by atoms with E-state index in [1.807, 2.05) is 31.2 Å². The summed E-state index contributed by atoms with van der Waals surface area (Å²) in [6, 6.07) is 12.4. The molecular weight excluding hydrogens is 476 g/mol. The van der Waals surface area contributed by atoms with Crippen LogP contribution in [0.15, 0.2) is 36.4 Å². The van der Waals surface area contributed by atoms with Gasteiger partial charge in [0.2, 0.25) is 5.91 Å². The van der Waals surface area contributed by atoms with Gasteiger partial charge in [-0.25, -0.2) is 0 Å². The van der Waals surface area contributed by atoms with Crippen molar-refractivity contribution < 1.29 is 9.59 Å². The van der Waals surface area contributed by atoms with Crippen LogP contribution in [0.3, 0.4) is 0 Å². The highest BCUT2D eigenvalue weighted by molar-refractivity contribution is 6.09. The minimum absolute atomic E-state index is 0.189. The van der Waals surface area contributed by atoms with E-state index in [1.165, 1.54) is 26.9 Å². The minimum Gasteiger partial charge on any atom is -0.382 e. The molecule has 2 aliphatic rings. The standard InChI is InChI=1S/C30H38N6O2/c1-20-5-7-24(8-6-20)35-12-9-25-28(30(35)38)36(32-29(25)31)27(37)10-11-33-13-15-34(16-14-33)19-26-22(3)17-21(2)18-23(26)4/h5-8,17-18H,9-16,19H2,1-4H3,(H2,31,32). The van der Waals surface area contributed by atoms with Gasteiger partial charge in [0.05, 0.1) is 0 Å². The quantitative estimate of drug-likeness (QED) is 0.539. The molecule has 0 unspecified atom stereocenters. The molecule has 1 aromatic heterocycles. The first-order valence-electron chi connectivity index (χ1n) is 13.5. The average Bonchev–Trinajstić information content (AvgIpc) is 3.23. The monoisotopic (exact) mass is 514 g/mol. The number of carbonyl (C=O) groups excluding carboxylic acids is 2. The smallest absolute Gasteiger partial charge is 0.277 e. The second kappa shape index (κ2) is 10.7. The summed E-state index contributed by atoms with van der Waals surface area (Å²) in [7, 11) is 0. The number of piperazine rings is 1. The molecule has 1 fully saturated rings. The molecule has 1 saturated heterocycles. The van der Waals surface area contributed by atoms with Crippen molar-refractivity contribution in [3.8, 4) is 0 Å². The van der Waals surface area contributed by atoms with E-state index in [0.717, 1.165) is 44.0 Å². The maximum atomic E-state index is 13.4. The summed E-state index contributed by atoms with van der Waals surface area (Å²) in [6.07, 6.45) is 0.873. The second-order valence-corrected chi connectivity index (χ2v) is 10.8. The van der Waals surface area contributed by atoms with Gasteiger partial charge in [-0.2, -0.15) is 4.68 Å². The molecule has 0 aliphatic carbocycles. The summed E-state index contributed by atoms with van der Waals surface area (Å²) >= 11 is 0. The molecule has 0 saturated carbocycles. The number of rotatable bonds is 6. The third-order valence-electron chi connectivity index (χ3n) is 7.96. The maximum absolute atomic E-state index is 13.4. The van der Waals surface area contributed by atoms with Crippen LogP contribution >= 0.6 is 0 Å². The lowest BCUT2D eigenvalue weighted by Gasteiger charge is -2.35. The van der Waals surface area contributed by atoms with Crippen molar-refractivity contribution in [3.63, 3.8) is 0 Å². The lowest BCUT2D eigenvalue weighted by Crippen LogP contribution is -2.46. The Morgan fingerprint density at radius 2 is 1.53 bits per heavy atom. The summed E-state index contributed by atoms with van der Waals surface area (Å²) in [5.74, 6) is -0.131. The molecule has 3 heterocycles. The average molecular weight is 515 g/mol. The molecule has 1 amide bonds. The van der Waals surface area contributed by atoms with Gasteiger partial charge in [-0.15, -0.1) is 5.10 Å². The van der Waals surface area contributed by atoms with Crippen LogP contribution in [0, 0.1) is 27.7 Å². The van der Waals surface area contributed by atoms with Crippen LogP contribution in [-0.2, 0) is 13.0 Å². The molecule has 2 aromatic carbocycles. The molecule has 0 atom stereocenters. The zero-order valence-electron chi connectivity index (χ0n) is 23.0. The molecular formula is C30H38N6O2. The van der Waals surface area contributed by atoms with Crippen molar-refractivity contribution >= 4 is 23.3 Å². The molecule has 200 valence electrons. The number of aromatic nitrogens is 2. The van der Waals surface area contributed by atoms with E-state index in [-0.39, 0.29) is 17.6 Å². The number of hydrogen-bond acceptors (Lipinski definition) is 6. The van der Waals surface area contributed by atoms with Gasteiger partial charge in [0, 0.05) is 63.5 Å². The number of carbonyl (C=O) groups is 2. The van der Waals surface area contributed by atoms with Crippen LogP contribution in [0.2, 0.25) is 0 Å². The number of nitrogen functional groups attached to an aromatic ring is 1. The molecule has 5 rings (SSSR count). The van der Waals surface area contributed by atoms with E-state index in [4.69, 9.17) is 5.73 Å². The van der Waals surface area contributed by atoms with Crippen molar-refractivity contribution in [2.75, 3.05) is 49.9 Å². The van der Waals surface area contributed by atoms with Crippen LogP contribution < -0.4 is 10.6 Å². The molecule has 8 heteroatoms. The number of nitrogens with zero attached hydrogens (tertiary/aromatic N) is 5. The first-order chi connectivity index (χ1) is 18.2. The van der Waals surface area contributed by atoms with Gasteiger partial charge in [0.15, 0.2) is 0 Å². The van der Waals surface area contributed by atoms with Crippen LogP contribution in [0.5, 0.6) is 0 Å². The molecule has 0 spiro atoms. The SMILES string of the molecule is Cc1ccc(N2CCc3c(N)nn(C(=O)CCN4CCN(Cc5c(C)cc(C)cc5C)CC4)c3C2=O)cc1. The van der Waals surface area contributed by atoms with Crippen LogP contribution in [0.1, 0.15) is 55.1 Å². The van der Waals surface area contributed by atoms with E-state index in [2.05, 4.69) is 47.8 Å². The van der Waals surface area contributed by atoms with Gasteiger partial charge in [0.25, 0.3) is 5.91 Å². The molecule has 0 bridgehead atoms. The van der Waals surface area contributed by atoms with Crippen molar-refractivity contribution in [2.45, 2.75) is 47.1 Å². The fourth-order valence-electron chi connectivity index (χ4n) is 5.75. The Bertz CT molecular complexity index is 1330. The fourth-order valence-corrected chi connectivity index (χ4v) is 5.75. The van der Waals surface area contributed by atoms with Crippen LogP contribution in [0.25, 0.3) is 0 Å². The maximum Gasteiger partial charge on any atom is 0.277 e. The first kappa shape index (κ1) is 26.1. The minimum atomic E-state index is -0.219. The van der Waals surface area contributed by atoms with Gasteiger partial charge >= 0.3 is 0 Å². The Labute approximate surface area is 225 Å². The molecule has 38 heavy (non-hydrogen) atoms. The second-order valence-electron chi connectivity index (χ2n) is 10.8. The highest BCUT2D eigenvalue weighted by Crippen LogP contribution is 2.28. The molecule has 2 aliphatic heterocycles. The van der Waals surface area contributed by atoms with E-state index in [0.29, 0.717) is 37.2 Å². The topological polar surface area (TPSA) is 87.7 Å². The summed E-state index contributed by atoms with van der Waals surface area (Å²) < 4.78 is 1.26. The Morgan fingerprint density at radius 3 is 2.18 bits per heavy atom. The molecule has 8 nitrogen and oxygen atoms in total. The number of amides is 1. The van der Waals surface area contributed by atoms with Gasteiger partial charge in [0.1, 0.15) is 11.5 Å². The Balaban J connectivity index is 1.19. The van der Waals surface area contributed by atoms with Gasteiger partial charge < -0.3 is 15.5 Å². The largest absolute Gasteiger partial charge is 0.382 e. The summed E-state index contributed by atoms with van der Waals surface area (Å²) in [6.45, 7) is 14.4. The zero-order chi connectivity index (χ0) is 27.0. The third-order valence-corrected chi connectivity index (χ3v) is 7.96. The Hall–Kier alpha value is -3.49. The number of benzene rings is 2. The number of fused-ring (bicyclic) bond motifs is 1. The Kier molecular flexibility index (Phi) is 7.36. The third kappa shape index (κ3) is 5.24. The lowest BCUT2D eigenvalue weighted by molar-refractivity contribution is 0.0812. The van der Waals surface area contributed by atoms with E-state index in [1.54, 1.807) is 4.90 Å². The van der Waals surface area contributed by atoms with Crippen molar-refractivity contribution in [1.29, 1.82) is 0 Å². The van der Waals surface area contributed by atoms with E-state index < -0.39 is 0 Å². The van der Waals surface area contributed by atoms with E-state index >= 15 is 0 Å². The van der Waals surface area contributed by atoms with Gasteiger partial charge in [-0.3, -0.25) is 14.5 Å². The highest BCUT2D eigenvalue weighted by atomic mass is 16.2. The molecule has 0 radical (unpaired) electrons. The number of anilines is 2. The van der Waals surface area contributed by atoms with Crippen molar-refractivity contribution in [2.24, 2.45) is 0 Å². The molecule has 3 aromatic rings. The number of hydrogen-bond donors (Lipinski definition) is 1. The summed E-state index contributed by atoms with van der Waals surface area (Å²) in [4.78, 5) is 33.2. The van der Waals surface area contributed by atoms with Gasteiger partial charge in [-0.1, -0.05) is 35.4 Å². The number of aryl methyl sites for hydroxylation is 4. The highest BCUT2D eigenvalue weighted by Gasteiger charge is 2.34. The van der Waals surface area contributed by atoms with E-state index in [9.17, 15) is 9.59 Å². The molecule has 2 N–H and O–H groups in total. The normalized spacial score (nSPS) is 16.6. The van der Waals surface area contributed by atoms with Crippen LogP contribution in [0.4, 0.5) is 11.5 Å².